The predicted molar refractivity (Wildman–Crippen MR) is 101 cm³/mol. The molecular formula is C20H29N5O. The minimum Gasteiger partial charge on any atom is -0.341 e. The highest BCUT2D eigenvalue weighted by Gasteiger charge is 2.37. The number of likely N-dealkylation sites (N-methyl/N-ethyl adjacent to an activating group) is 1. The van der Waals surface area contributed by atoms with Gasteiger partial charge in [-0.3, -0.25) is 4.79 Å². The highest BCUT2D eigenvalue weighted by atomic mass is 16.2. The lowest BCUT2D eigenvalue weighted by Crippen LogP contribution is -2.35. The van der Waals surface area contributed by atoms with E-state index >= 15 is 0 Å². The van der Waals surface area contributed by atoms with Crippen LogP contribution in [0.5, 0.6) is 0 Å². The number of aromatic amines is 1. The van der Waals surface area contributed by atoms with Crippen LogP contribution in [0.25, 0.3) is 0 Å². The van der Waals surface area contributed by atoms with Crippen molar-refractivity contribution in [1.82, 2.24) is 25.5 Å². The van der Waals surface area contributed by atoms with E-state index in [0.717, 1.165) is 12.0 Å². The zero-order chi connectivity index (χ0) is 19.1. The fourth-order valence-corrected chi connectivity index (χ4v) is 3.90. The van der Waals surface area contributed by atoms with Crippen LogP contribution in [0.4, 0.5) is 0 Å². The Hall–Kier alpha value is -2.24. The normalized spacial score (nSPS) is 18.8. The van der Waals surface area contributed by atoms with Gasteiger partial charge in [-0.05, 0) is 46.9 Å². The third kappa shape index (κ3) is 3.37. The maximum Gasteiger partial charge on any atom is 0.253 e. The molecular weight excluding hydrogens is 326 g/mol. The highest BCUT2D eigenvalue weighted by molar-refractivity contribution is 5.94. The number of rotatable bonds is 4. The van der Waals surface area contributed by atoms with E-state index < -0.39 is 0 Å². The number of tetrazole rings is 1. The van der Waals surface area contributed by atoms with Crippen molar-refractivity contribution in [3.63, 3.8) is 0 Å². The average molecular weight is 355 g/mol. The number of hydrogen-bond acceptors (Lipinski definition) is 4. The van der Waals surface area contributed by atoms with E-state index in [4.69, 9.17) is 0 Å². The number of aromatic nitrogens is 4. The van der Waals surface area contributed by atoms with Crippen LogP contribution in [0.2, 0.25) is 0 Å². The third-order valence-corrected chi connectivity index (χ3v) is 5.80. The summed E-state index contributed by atoms with van der Waals surface area (Å²) < 4.78 is 0. The van der Waals surface area contributed by atoms with E-state index in [0.29, 0.717) is 12.4 Å². The molecule has 1 aliphatic rings. The molecule has 0 fully saturated rings. The van der Waals surface area contributed by atoms with Crippen molar-refractivity contribution in [3.8, 4) is 0 Å². The van der Waals surface area contributed by atoms with Crippen LogP contribution in [0.15, 0.2) is 18.2 Å². The molecule has 1 N–H and O–H groups in total. The molecule has 0 spiro atoms. The molecule has 1 atom stereocenters. The number of carbonyl (C=O) groups excluding carboxylic acids is 1. The van der Waals surface area contributed by atoms with Crippen LogP contribution in [0.1, 0.15) is 80.7 Å². The lowest BCUT2D eigenvalue weighted by molar-refractivity contribution is 0.0787. The van der Waals surface area contributed by atoms with Gasteiger partial charge < -0.3 is 4.90 Å². The van der Waals surface area contributed by atoms with Crippen LogP contribution in [0.3, 0.4) is 0 Å². The molecule has 1 aliphatic carbocycles. The van der Waals surface area contributed by atoms with Crippen molar-refractivity contribution < 1.29 is 4.79 Å². The lowest BCUT2D eigenvalue weighted by Gasteiger charge is -2.42. The van der Waals surface area contributed by atoms with E-state index in [1.807, 2.05) is 20.0 Å². The first-order valence-electron chi connectivity index (χ1n) is 9.26. The van der Waals surface area contributed by atoms with Gasteiger partial charge in [0.25, 0.3) is 5.91 Å². The summed E-state index contributed by atoms with van der Waals surface area (Å²) >= 11 is 0. The number of carbonyl (C=O) groups is 1. The van der Waals surface area contributed by atoms with Gasteiger partial charge in [0.05, 0.1) is 0 Å². The summed E-state index contributed by atoms with van der Waals surface area (Å²) in [5.41, 5.74) is 3.67. The van der Waals surface area contributed by atoms with Gasteiger partial charge in [0.1, 0.15) is 0 Å². The van der Waals surface area contributed by atoms with Crippen LogP contribution in [0, 0.1) is 0 Å². The molecule has 6 heteroatoms. The summed E-state index contributed by atoms with van der Waals surface area (Å²) in [5, 5.41) is 14.1. The van der Waals surface area contributed by atoms with Gasteiger partial charge in [0.2, 0.25) is 0 Å². The molecule has 1 unspecified atom stereocenters. The molecule has 0 saturated carbocycles. The van der Waals surface area contributed by atoms with Gasteiger partial charge in [-0.15, -0.1) is 10.2 Å². The number of fused-ring (bicyclic) bond motifs is 1. The van der Waals surface area contributed by atoms with Crippen molar-refractivity contribution >= 4 is 5.91 Å². The first-order valence-corrected chi connectivity index (χ1v) is 9.26. The quantitative estimate of drug-likeness (QED) is 0.912. The Morgan fingerprint density at radius 3 is 2.46 bits per heavy atom. The molecule has 0 radical (unpaired) electrons. The Bertz CT molecular complexity index is 795. The molecule has 0 aliphatic heterocycles. The average Bonchev–Trinajstić information content (AvgIpc) is 3.13. The number of H-pyrrole nitrogens is 1. The summed E-state index contributed by atoms with van der Waals surface area (Å²) in [6.07, 6.45) is 2.30. The van der Waals surface area contributed by atoms with Gasteiger partial charge in [0, 0.05) is 25.1 Å². The van der Waals surface area contributed by atoms with Gasteiger partial charge in [-0.2, -0.15) is 5.21 Å². The van der Waals surface area contributed by atoms with Crippen molar-refractivity contribution in [1.29, 1.82) is 0 Å². The first-order chi connectivity index (χ1) is 12.1. The van der Waals surface area contributed by atoms with Crippen LogP contribution < -0.4 is 0 Å². The second-order valence-electron chi connectivity index (χ2n) is 8.88. The highest BCUT2D eigenvalue weighted by Crippen LogP contribution is 2.45. The zero-order valence-electron chi connectivity index (χ0n) is 16.6. The summed E-state index contributed by atoms with van der Waals surface area (Å²) in [5.74, 6) is 0.677. The minimum absolute atomic E-state index is 0.0238. The second kappa shape index (κ2) is 6.49. The topological polar surface area (TPSA) is 74.8 Å². The Kier molecular flexibility index (Phi) is 4.63. The van der Waals surface area contributed by atoms with Gasteiger partial charge in [-0.1, -0.05) is 45.9 Å². The molecule has 1 heterocycles. The standard InChI is InChI=1S/C20H29N5O/c1-13(17-21-23-24-22-17)12-25(6)18(26)14-7-8-15-16(11-14)20(4,5)10-9-19(15,2)3/h7-8,11,13H,9-10,12H2,1-6H3,(H,21,22,23,24). The molecule has 2 aromatic rings. The SMILES string of the molecule is CC(CN(C)C(=O)c1ccc2c(c1)C(C)(C)CCC2(C)C)c1nn[nH]n1. The molecule has 1 aromatic carbocycles. The van der Waals surface area contributed by atoms with E-state index in [1.54, 1.807) is 4.90 Å². The number of hydrogen-bond donors (Lipinski definition) is 1. The molecule has 0 saturated heterocycles. The predicted octanol–water partition coefficient (Wildman–Crippen LogP) is 3.42. The molecule has 1 amide bonds. The van der Waals surface area contributed by atoms with E-state index in [-0.39, 0.29) is 22.7 Å². The fourth-order valence-electron chi connectivity index (χ4n) is 3.90. The van der Waals surface area contributed by atoms with Crippen molar-refractivity contribution in [2.24, 2.45) is 0 Å². The van der Waals surface area contributed by atoms with E-state index in [1.165, 1.54) is 17.5 Å². The Morgan fingerprint density at radius 1 is 1.19 bits per heavy atom. The summed E-state index contributed by atoms with van der Waals surface area (Å²) in [7, 11) is 1.83. The van der Waals surface area contributed by atoms with Crippen LogP contribution >= 0.6 is 0 Å². The Balaban J connectivity index is 1.84. The molecule has 26 heavy (non-hydrogen) atoms. The van der Waals surface area contributed by atoms with Crippen LogP contribution in [-0.4, -0.2) is 45.0 Å². The maximum atomic E-state index is 13.0. The lowest BCUT2D eigenvalue weighted by atomic mass is 9.63. The molecule has 6 nitrogen and oxygen atoms in total. The Morgan fingerprint density at radius 2 is 1.85 bits per heavy atom. The summed E-state index contributed by atoms with van der Waals surface area (Å²) in [4.78, 5) is 14.7. The van der Waals surface area contributed by atoms with Crippen LogP contribution in [-0.2, 0) is 10.8 Å². The van der Waals surface area contributed by atoms with Crippen molar-refractivity contribution in [3.05, 3.63) is 40.7 Å². The van der Waals surface area contributed by atoms with E-state index in [2.05, 4.69) is 60.5 Å². The molecule has 1 aromatic heterocycles. The van der Waals surface area contributed by atoms with Gasteiger partial charge in [0.15, 0.2) is 5.82 Å². The number of nitrogens with zero attached hydrogens (tertiary/aromatic N) is 4. The monoisotopic (exact) mass is 355 g/mol. The number of amides is 1. The Labute approximate surface area is 155 Å². The smallest absolute Gasteiger partial charge is 0.253 e. The summed E-state index contributed by atoms with van der Waals surface area (Å²) in [6, 6.07) is 6.23. The van der Waals surface area contributed by atoms with Crippen molar-refractivity contribution in [2.45, 2.75) is 64.2 Å². The number of nitrogens with one attached hydrogen (secondary N) is 1. The van der Waals surface area contributed by atoms with Gasteiger partial charge >= 0.3 is 0 Å². The first kappa shape index (κ1) is 18.5. The molecule has 140 valence electrons. The number of benzene rings is 1. The zero-order valence-corrected chi connectivity index (χ0v) is 16.6. The maximum absolute atomic E-state index is 13.0. The second-order valence-corrected chi connectivity index (χ2v) is 8.88. The van der Waals surface area contributed by atoms with Gasteiger partial charge in [-0.25, -0.2) is 0 Å². The van der Waals surface area contributed by atoms with E-state index in [9.17, 15) is 4.79 Å². The molecule has 3 rings (SSSR count). The minimum atomic E-state index is 0.0238. The van der Waals surface area contributed by atoms with Crippen molar-refractivity contribution in [2.75, 3.05) is 13.6 Å². The third-order valence-electron chi connectivity index (χ3n) is 5.80. The largest absolute Gasteiger partial charge is 0.341 e. The summed E-state index contributed by atoms with van der Waals surface area (Å²) in [6.45, 7) is 11.7. The molecule has 0 bridgehead atoms. The fraction of sp³-hybridized carbons (Fsp3) is 0.600.